The van der Waals surface area contributed by atoms with Crippen LogP contribution in [-0.4, -0.2) is 84.6 Å². The summed E-state index contributed by atoms with van der Waals surface area (Å²) in [6, 6.07) is 27.0. The van der Waals surface area contributed by atoms with E-state index in [-0.39, 0.29) is 5.41 Å². The van der Waals surface area contributed by atoms with Crippen LogP contribution in [0.25, 0.3) is 0 Å². The lowest BCUT2D eigenvalue weighted by molar-refractivity contribution is -0.122. The van der Waals surface area contributed by atoms with Crippen LogP contribution in [0.3, 0.4) is 0 Å². The van der Waals surface area contributed by atoms with Crippen LogP contribution in [0.1, 0.15) is 51.4 Å². The standard InChI is InChI=1S/C26H31Cl2N6OP.C26H28Cl2N5O2P/c1-36(2,35)23-6-4-3-5-21(23)32-24-20(28)14-30-25(33-24)31-18-7-8-22(19(27)13-18)34-15-26(16-34)11-9-17(29)10-12-26;1-36(2,35)23-6-4-3-5-21(23)31-24-20(28)14-29-25(32-24)30-17-7-8-22(19(27)13-17)33-15-26(16-33)11-9-18(34)10-12-26/h3-8,13-14,17H,9-12,15-16,29H2,1-2H3,(H2,30,31,32,33);3-8,13-14H,9-12,15-16H2,1-2H3,(H2,29,30,31,32). The molecule has 0 bridgehead atoms. The van der Waals surface area contributed by atoms with E-state index in [9.17, 15) is 13.9 Å². The maximum absolute atomic E-state index is 12.7. The zero-order valence-corrected chi connectivity index (χ0v) is 45.5. The fourth-order valence-electron chi connectivity index (χ4n) is 10.1. The lowest BCUT2D eigenvalue weighted by Gasteiger charge is -2.54. The van der Waals surface area contributed by atoms with Crippen LogP contribution in [0.5, 0.6) is 0 Å². The Kier molecular flexibility index (Phi) is 15.3. The molecular formula is C52H59Cl4N11O3P2. The number of para-hydroxylation sites is 2. The molecule has 2 saturated heterocycles. The van der Waals surface area contributed by atoms with Gasteiger partial charge in [0.05, 0.1) is 45.2 Å². The number of benzene rings is 4. The number of aromatic nitrogens is 4. The number of rotatable bonds is 12. The van der Waals surface area contributed by atoms with Crippen LogP contribution in [0.15, 0.2) is 97.3 Å². The molecule has 4 fully saturated rings. The normalized spacial score (nSPS) is 17.4. The minimum atomic E-state index is -2.50. The molecule has 2 aliphatic carbocycles. The number of nitrogens with two attached hydrogens (primary N) is 1. The Bertz CT molecular complexity index is 3080. The molecule has 2 aromatic heterocycles. The van der Waals surface area contributed by atoms with Crippen molar-refractivity contribution >= 4 is 135 Å². The van der Waals surface area contributed by atoms with Gasteiger partial charge in [0.25, 0.3) is 0 Å². The molecular weight excluding hydrogens is 1030 g/mol. The van der Waals surface area contributed by atoms with Crippen molar-refractivity contribution in [2.75, 3.05) is 83.9 Å². The summed E-state index contributed by atoms with van der Waals surface area (Å²) in [4.78, 5) is 33.9. The molecule has 72 heavy (non-hydrogen) atoms. The van der Waals surface area contributed by atoms with Gasteiger partial charge in [0.1, 0.15) is 30.1 Å². The van der Waals surface area contributed by atoms with Crippen molar-refractivity contribution < 1.29 is 13.9 Å². The SMILES string of the molecule is CP(C)(=O)c1ccccc1Nc1nc(Nc2ccc(N3CC4(CCC(=O)CC4)C3)c(Cl)c2)ncc1Cl.CP(C)(=O)c1ccccc1Nc1nc(Nc2ccc(N3CC4(CCC(N)CC4)C3)c(Cl)c2)ncc1Cl. The van der Waals surface area contributed by atoms with Gasteiger partial charge in [0.2, 0.25) is 11.9 Å². The average Bonchev–Trinajstić information content (AvgIpc) is 3.31. The number of nitrogens with one attached hydrogen (secondary N) is 4. The highest BCUT2D eigenvalue weighted by Gasteiger charge is 2.46. The number of hydrogen-bond donors (Lipinski definition) is 5. The Morgan fingerprint density at radius 2 is 0.972 bits per heavy atom. The van der Waals surface area contributed by atoms with Crippen molar-refractivity contribution in [3.63, 3.8) is 0 Å². The maximum atomic E-state index is 12.7. The van der Waals surface area contributed by atoms with Gasteiger partial charge in [-0.25, -0.2) is 9.97 Å². The van der Waals surface area contributed by atoms with E-state index in [0.717, 1.165) is 85.2 Å². The first-order valence-electron chi connectivity index (χ1n) is 24.0. The van der Waals surface area contributed by atoms with E-state index in [0.29, 0.717) is 85.1 Å². The summed E-state index contributed by atoms with van der Waals surface area (Å²) in [5.74, 6) is 1.95. The largest absolute Gasteiger partial charge is 0.369 e. The molecule has 0 atom stereocenters. The Balaban J connectivity index is 0.000000178. The summed E-state index contributed by atoms with van der Waals surface area (Å²) >= 11 is 26.0. The summed E-state index contributed by atoms with van der Waals surface area (Å²) in [6.45, 7) is 10.9. The van der Waals surface area contributed by atoms with Crippen molar-refractivity contribution in [1.82, 2.24) is 19.9 Å². The van der Waals surface area contributed by atoms with Crippen molar-refractivity contribution in [1.29, 1.82) is 0 Å². The van der Waals surface area contributed by atoms with Gasteiger partial charge in [-0.05, 0) is 126 Å². The van der Waals surface area contributed by atoms with E-state index in [2.05, 4.69) is 51.0 Å². The summed E-state index contributed by atoms with van der Waals surface area (Å²) in [5, 5.41) is 16.3. The van der Waals surface area contributed by atoms with E-state index in [1.807, 2.05) is 84.9 Å². The quantitative estimate of drug-likeness (QED) is 0.0730. The number of carbonyl (C=O) groups excluding carboxylic acids is 1. The van der Waals surface area contributed by atoms with E-state index in [1.165, 1.54) is 25.2 Å². The molecule has 4 aromatic carbocycles. The van der Waals surface area contributed by atoms with Crippen LogP contribution < -0.4 is 47.4 Å². The van der Waals surface area contributed by atoms with E-state index in [1.54, 1.807) is 26.7 Å². The minimum absolute atomic E-state index is 0.261. The Hall–Kier alpha value is -4.91. The summed E-state index contributed by atoms with van der Waals surface area (Å²) in [7, 11) is -5.00. The molecule has 6 aromatic rings. The minimum Gasteiger partial charge on any atom is -0.369 e. The third-order valence-corrected chi connectivity index (χ3v) is 18.4. The smallest absolute Gasteiger partial charge is 0.229 e. The van der Waals surface area contributed by atoms with E-state index >= 15 is 0 Å². The molecule has 2 saturated carbocycles. The average molecular weight is 1090 g/mol. The second-order valence-electron chi connectivity index (χ2n) is 20.4. The van der Waals surface area contributed by atoms with Gasteiger partial charge in [0, 0.05) is 77.9 Å². The maximum Gasteiger partial charge on any atom is 0.229 e. The molecule has 2 spiro atoms. The van der Waals surface area contributed by atoms with Crippen LogP contribution in [0.4, 0.5) is 57.7 Å². The first kappa shape index (κ1) is 52.0. The van der Waals surface area contributed by atoms with Gasteiger partial charge in [-0.1, -0.05) is 70.7 Å². The van der Waals surface area contributed by atoms with Crippen molar-refractivity contribution in [2.24, 2.45) is 16.6 Å². The molecule has 4 heterocycles. The second-order valence-corrected chi connectivity index (χ2v) is 28.4. The van der Waals surface area contributed by atoms with Gasteiger partial charge in [-0.2, -0.15) is 9.97 Å². The highest BCUT2D eigenvalue weighted by Crippen LogP contribution is 2.49. The fourth-order valence-corrected chi connectivity index (χ4v) is 13.3. The van der Waals surface area contributed by atoms with Crippen LogP contribution in [0.2, 0.25) is 20.1 Å². The fraction of sp³-hybridized carbons (Fsp3) is 0.365. The third kappa shape index (κ3) is 12.0. The number of carbonyl (C=O) groups is 1. The van der Waals surface area contributed by atoms with E-state index < -0.39 is 14.3 Å². The zero-order valence-electron chi connectivity index (χ0n) is 40.7. The molecule has 2 aliphatic heterocycles. The van der Waals surface area contributed by atoms with Crippen LogP contribution in [0, 0.1) is 10.8 Å². The lowest BCUT2D eigenvalue weighted by Crippen LogP contribution is -2.58. The van der Waals surface area contributed by atoms with Crippen LogP contribution in [-0.2, 0) is 13.9 Å². The molecule has 0 radical (unpaired) electrons. The van der Waals surface area contributed by atoms with Gasteiger partial charge >= 0.3 is 0 Å². The monoisotopic (exact) mass is 1090 g/mol. The molecule has 10 rings (SSSR count). The summed E-state index contributed by atoms with van der Waals surface area (Å²) in [5.41, 5.74) is 11.7. The number of Topliss-reactive ketones (excluding diaryl/α,β-unsaturated/α-hetero) is 1. The molecule has 378 valence electrons. The molecule has 14 nitrogen and oxygen atoms in total. The van der Waals surface area contributed by atoms with Gasteiger partial charge < -0.3 is 45.9 Å². The number of anilines is 10. The first-order chi connectivity index (χ1) is 34.2. The molecule has 20 heteroatoms. The molecule has 4 aliphatic rings. The molecule has 0 amide bonds. The summed E-state index contributed by atoms with van der Waals surface area (Å²) in [6.07, 6.45) is 11.0. The Morgan fingerprint density at radius 3 is 1.38 bits per heavy atom. The van der Waals surface area contributed by atoms with Gasteiger partial charge in [-0.15, -0.1) is 0 Å². The number of hydrogen-bond acceptors (Lipinski definition) is 14. The predicted octanol–water partition coefficient (Wildman–Crippen LogP) is 12.7. The Morgan fingerprint density at radius 1 is 0.569 bits per heavy atom. The van der Waals surface area contributed by atoms with Crippen molar-refractivity contribution in [3.8, 4) is 0 Å². The number of nitrogens with zero attached hydrogens (tertiary/aromatic N) is 6. The van der Waals surface area contributed by atoms with Gasteiger partial charge in [0.15, 0.2) is 11.6 Å². The lowest BCUT2D eigenvalue weighted by atomic mass is 9.67. The highest BCUT2D eigenvalue weighted by atomic mass is 35.5. The third-order valence-electron chi connectivity index (χ3n) is 14.1. The summed E-state index contributed by atoms with van der Waals surface area (Å²) < 4.78 is 25.4. The van der Waals surface area contributed by atoms with Crippen molar-refractivity contribution in [3.05, 3.63) is 117 Å². The van der Waals surface area contributed by atoms with Gasteiger partial charge in [-0.3, -0.25) is 4.79 Å². The van der Waals surface area contributed by atoms with Crippen molar-refractivity contribution in [2.45, 2.75) is 57.4 Å². The highest BCUT2D eigenvalue weighted by molar-refractivity contribution is 7.70. The Labute approximate surface area is 441 Å². The number of ketones is 1. The first-order valence-corrected chi connectivity index (χ1v) is 30.7. The van der Waals surface area contributed by atoms with E-state index in [4.69, 9.17) is 52.1 Å². The second kappa shape index (κ2) is 21.1. The number of halogens is 4. The zero-order chi connectivity index (χ0) is 51.0. The van der Waals surface area contributed by atoms with Crippen LogP contribution >= 0.6 is 60.7 Å². The molecule has 6 N–H and O–H groups in total. The predicted molar refractivity (Wildman–Crippen MR) is 300 cm³/mol. The molecule has 0 unspecified atom stereocenters. The topological polar surface area (TPSA) is 183 Å².